The Balaban J connectivity index is 3.39. The Labute approximate surface area is 124 Å². The standard InChI is InChI=1S/C15H19ClO4/c1-6-20-14(18)12(17)10-7-9(15(2,3)4)8-11(16)13(10)19-5/h7-8H,6H2,1-5H3. The van der Waals surface area contributed by atoms with Gasteiger partial charge in [0.15, 0.2) is 0 Å². The molecule has 0 fully saturated rings. The molecule has 5 heteroatoms. The number of carbonyl (C=O) groups is 2. The van der Waals surface area contributed by atoms with Crippen molar-refractivity contribution >= 4 is 23.4 Å². The Morgan fingerprint density at radius 1 is 1.25 bits per heavy atom. The van der Waals surface area contributed by atoms with Crippen molar-refractivity contribution in [1.82, 2.24) is 0 Å². The van der Waals surface area contributed by atoms with Gasteiger partial charge >= 0.3 is 5.97 Å². The molecule has 0 radical (unpaired) electrons. The number of methoxy groups -OCH3 is 1. The van der Waals surface area contributed by atoms with Gasteiger partial charge in [-0.2, -0.15) is 0 Å². The summed E-state index contributed by atoms with van der Waals surface area (Å²) in [6.45, 7) is 7.75. The van der Waals surface area contributed by atoms with Crippen LogP contribution in [0.25, 0.3) is 0 Å². The minimum Gasteiger partial charge on any atom is -0.494 e. The highest BCUT2D eigenvalue weighted by Gasteiger charge is 2.26. The molecular weight excluding hydrogens is 280 g/mol. The second-order valence-corrected chi connectivity index (χ2v) is 5.75. The van der Waals surface area contributed by atoms with Gasteiger partial charge in [-0.25, -0.2) is 4.79 Å². The molecule has 1 aromatic rings. The van der Waals surface area contributed by atoms with E-state index in [4.69, 9.17) is 21.1 Å². The third kappa shape index (κ3) is 3.51. The van der Waals surface area contributed by atoms with Crippen molar-refractivity contribution < 1.29 is 19.1 Å². The highest BCUT2D eigenvalue weighted by molar-refractivity contribution is 6.42. The van der Waals surface area contributed by atoms with Crippen LogP contribution in [-0.2, 0) is 14.9 Å². The molecule has 20 heavy (non-hydrogen) atoms. The van der Waals surface area contributed by atoms with Crippen LogP contribution >= 0.6 is 11.6 Å². The van der Waals surface area contributed by atoms with Gasteiger partial charge in [0.2, 0.25) is 0 Å². The first-order valence-corrected chi connectivity index (χ1v) is 6.69. The van der Waals surface area contributed by atoms with E-state index in [9.17, 15) is 9.59 Å². The molecule has 0 spiro atoms. The minimum absolute atomic E-state index is 0.128. The Kier molecular flexibility index (Phi) is 5.17. The van der Waals surface area contributed by atoms with Crippen LogP contribution < -0.4 is 4.74 Å². The fourth-order valence-electron chi connectivity index (χ4n) is 1.71. The van der Waals surface area contributed by atoms with Gasteiger partial charge in [0.25, 0.3) is 5.78 Å². The van der Waals surface area contributed by atoms with Gasteiger partial charge in [0, 0.05) is 0 Å². The van der Waals surface area contributed by atoms with E-state index in [0.717, 1.165) is 5.56 Å². The maximum atomic E-state index is 12.1. The van der Waals surface area contributed by atoms with Gasteiger partial charge in [-0.1, -0.05) is 32.4 Å². The molecule has 4 nitrogen and oxygen atoms in total. The Morgan fingerprint density at radius 3 is 2.30 bits per heavy atom. The summed E-state index contributed by atoms with van der Waals surface area (Å²) in [7, 11) is 1.40. The third-order valence-corrected chi connectivity index (χ3v) is 3.10. The van der Waals surface area contributed by atoms with Crippen molar-refractivity contribution in [3.8, 4) is 5.75 Å². The summed E-state index contributed by atoms with van der Waals surface area (Å²) in [6.07, 6.45) is 0. The van der Waals surface area contributed by atoms with Crippen molar-refractivity contribution in [1.29, 1.82) is 0 Å². The lowest BCUT2D eigenvalue weighted by Gasteiger charge is -2.21. The number of ether oxygens (including phenoxy) is 2. The summed E-state index contributed by atoms with van der Waals surface area (Å²) in [5, 5.41) is 0.299. The van der Waals surface area contributed by atoms with Crippen LogP contribution in [0.1, 0.15) is 43.6 Å². The average molecular weight is 299 g/mol. The van der Waals surface area contributed by atoms with E-state index in [-0.39, 0.29) is 23.3 Å². The zero-order chi connectivity index (χ0) is 15.5. The molecule has 0 atom stereocenters. The molecule has 0 saturated carbocycles. The first-order chi connectivity index (χ1) is 9.22. The molecule has 110 valence electrons. The number of halogens is 1. The van der Waals surface area contributed by atoms with Gasteiger partial charge in [-0.15, -0.1) is 0 Å². The van der Waals surface area contributed by atoms with Gasteiger partial charge < -0.3 is 9.47 Å². The molecule has 0 aliphatic carbocycles. The average Bonchev–Trinajstić information content (AvgIpc) is 2.36. The third-order valence-electron chi connectivity index (χ3n) is 2.82. The number of benzene rings is 1. The van der Waals surface area contributed by atoms with Crippen molar-refractivity contribution in [2.45, 2.75) is 33.1 Å². The minimum atomic E-state index is -0.909. The van der Waals surface area contributed by atoms with E-state index < -0.39 is 11.8 Å². The Morgan fingerprint density at radius 2 is 1.85 bits per heavy atom. The summed E-state index contributed by atoms with van der Waals surface area (Å²) in [6, 6.07) is 3.37. The summed E-state index contributed by atoms with van der Waals surface area (Å²) < 4.78 is 9.87. The normalized spacial score (nSPS) is 11.1. The maximum absolute atomic E-state index is 12.1. The highest BCUT2D eigenvalue weighted by atomic mass is 35.5. The predicted octanol–water partition coefficient (Wildman–Crippen LogP) is 3.39. The molecule has 0 aromatic heterocycles. The number of hydrogen-bond donors (Lipinski definition) is 0. The number of esters is 1. The highest BCUT2D eigenvalue weighted by Crippen LogP contribution is 2.35. The first-order valence-electron chi connectivity index (χ1n) is 6.31. The molecule has 0 heterocycles. The smallest absolute Gasteiger partial charge is 0.379 e. The molecule has 0 amide bonds. The number of rotatable bonds is 4. The van der Waals surface area contributed by atoms with Crippen LogP contribution in [0, 0.1) is 0 Å². The van der Waals surface area contributed by atoms with E-state index in [1.54, 1.807) is 19.1 Å². The van der Waals surface area contributed by atoms with E-state index in [1.807, 2.05) is 20.8 Å². The number of hydrogen-bond acceptors (Lipinski definition) is 4. The molecule has 0 aliphatic rings. The molecule has 1 rings (SSSR count). The van der Waals surface area contributed by atoms with Crippen LogP contribution in [0.3, 0.4) is 0 Å². The van der Waals surface area contributed by atoms with Gasteiger partial charge in [0.05, 0.1) is 24.3 Å². The zero-order valence-electron chi connectivity index (χ0n) is 12.4. The lowest BCUT2D eigenvalue weighted by atomic mass is 9.85. The fourth-order valence-corrected chi connectivity index (χ4v) is 2.01. The predicted molar refractivity (Wildman–Crippen MR) is 77.7 cm³/mol. The van der Waals surface area contributed by atoms with Crippen LogP contribution in [0.2, 0.25) is 5.02 Å². The van der Waals surface area contributed by atoms with Gasteiger partial charge in [-0.05, 0) is 30.0 Å². The lowest BCUT2D eigenvalue weighted by molar-refractivity contribution is -0.137. The number of ketones is 1. The van der Waals surface area contributed by atoms with E-state index >= 15 is 0 Å². The fraction of sp³-hybridized carbons (Fsp3) is 0.467. The summed E-state index contributed by atoms with van der Waals surface area (Å²) in [5.74, 6) is -1.47. The summed E-state index contributed by atoms with van der Waals surface area (Å²) in [5.41, 5.74) is 0.763. The zero-order valence-corrected chi connectivity index (χ0v) is 13.1. The molecule has 1 aromatic carbocycles. The SMILES string of the molecule is CCOC(=O)C(=O)c1cc(C(C)(C)C)cc(Cl)c1OC. The van der Waals surface area contributed by atoms with E-state index in [2.05, 4.69) is 0 Å². The Hall–Kier alpha value is -1.55. The van der Waals surface area contributed by atoms with Crippen LogP contribution in [-0.4, -0.2) is 25.5 Å². The van der Waals surface area contributed by atoms with Crippen LogP contribution in [0.5, 0.6) is 5.75 Å². The summed E-state index contributed by atoms with van der Waals surface area (Å²) >= 11 is 6.14. The number of Topliss-reactive ketones (excluding diaryl/α,β-unsaturated/α-hetero) is 1. The molecular formula is C15H19ClO4. The quantitative estimate of drug-likeness (QED) is 0.486. The molecule has 0 unspecified atom stereocenters. The second-order valence-electron chi connectivity index (χ2n) is 5.34. The second kappa shape index (κ2) is 6.27. The molecule has 0 aliphatic heterocycles. The van der Waals surface area contributed by atoms with Gasteiger partial charge in [0.1, 0.15) is 5.75 Å². The molecule has 0 N–H and O–H groups in total. The molecule has 0 saturated heterocycles. The lowest BCUT2D eigenvalue weighted by Crippen LogP contribution is -2.20. The van der Waals surface area contributed by atoms with Crippen molar-refractivity contribution in [3.63, 3.8) is 0 Å². The first kappa shape index (κ1) is 16.5. The van der Waals surface area contributed by atoms with Crippen molar-refractivity contribution in [2.24, 2.45) is 0 Å². The summed E-state index contributed by atoms with van der Waals surface area (Å²) in [4.78, 5) is 23.7. The molecule has 0 bridgehead atoms. The van der Waals surface area contributed by atoms with Crippen molar-refractivity contribution in [3.05, 3.63) is 28.3 Å². The van der Waals surface area contributed by atoms with Crippen LogP contribution in [0.15, 0.2) is 12.1 Å². The monoisotopic (exact) mass is 298 g/mol. The van der Waals surface area contributed by atoms with E-state index in [1.165, 1.54) is 7.11 Å². The maximum Gasteiger partial charge on any atom is 0.379 e. The number of carbonyl (C=O) groups excluding carboxylic acids is 2. The van der Waals surface area contributed by atoms with Crippen molar-refractivity contribution in [2.75, 3.05) is 13.7 Å². The topological polar surface area (TPSA) is 52.6 Å². The Bertz CT molecular complexity index is 529. The van der Waals surface area contributed by atoms with E-state index in [0.29, 0.717) is 5.02 Å². The largest absolute Gasteiger partial charge is 0.494 e. The van der Waals surface area contributed by atoms with Gasteiger partial charge in [-0.3, -0.25) is 4.79 Å². The van der Waals surface area contributed by atoms with Crippen LogP contribution in [0.4, 0.5) is 0 Å².